The summed E-state index contributed by atoms with van der Waals surface area (Å²) in [6.45, 7) is 7.13. The predicted octanol–water partition coefficient (Wildman–Crippen LogP) is 6.93. The summed E-state index contributed by atoms with van der Waals surface area (Å²) in [5.74, 6) is 0.0169. The second kappa shape index (κ2) is 12.7. The van der Waals surface area contributed by atoms with Gasteiger partial charge < -0.3 is 20.1 Å². The van der Waals surface area contributed by atoms with Crippen LogP contribution in [0, 0.1) is 5.82 Å². The molecule has 1 saturated carbocycles. The number of nitrogens with zero attached hydrogens (tertiary/aromatic N) is 3. The number of aromatic hydroxyl groups is 1. The molecule has 0 bridgehead atoms. The Morgan fingerprint density at radius 3 is 2.62 bits per heavy atom. The smallest absolute Gasteiger partial charge is 0.165 e. The first-order valence-electron chi connectivity index (χ1n) is 11.9. The molecule has 4 rings (SSSR count). The van der Waals surface area contributed by atoms with Gasteiger partial charge in [-0.2, -0.15) is 0 Å². The molecule has 8 heteroatoms. The van der Waals surface area contributed by atoms with Gasteiger partial charge in [0.15, 0.2) is 17.3 Å². The molecule has 0 aliphatic heterocycles. The summed E-state index contributed by atoms with van der Waals surface area (Å²) in [6.07, 6.45) is 9.95. The van der Waals surface area contributed by atoms with E-state index >= 15 is 0 Å². The van der Waals surface area contributed by atoms with E-state index in [2.05, 4.69) is 34.0 Å². The number of anilines is 2. The fourth-order valence-electron chi connectivity index (χ4n) is 4.40. The summed E-state index contributed by atoms with van der Waals surface area (Å²) in [4.78, 5) is 10.9. The average Bonchev–Trinajstić information content (AvgIpc) is 2.86. The van der Waals surface area contributed by atoms with Crippen molar-refractivity contribution in [3.05, 3.63) is 47.5 Å². The number of benzene rings is 2. The number of rotatable bonds is 7. The number of fused-ring (bicyclic) bond motifs is 1. The molecule has 1 aliphatic rings. The Morgan fingerprint density at radius 1 is 1.18 bits per heavy atom. The second-order valence-corrected chi connectivity index (χ2v) is 8.82. The molecule has 2 N–H and O–H groups in total. The van der Waals surface area contributed by atoms with Crippen molar-refractivity contribution in [3.63, 3.8) is 0 Å². The zero-order valence-corrected chi connectivity index (χ0v) is 20.9. The van der Waals surface area contributed by atoms with Crippen LogP contribution < -0.4 is 10.1 Å². The molecule has 184 valence electrons. The molecule has 3 aromatic rings. The number of phenolic OH excluding ortho intramolecular Hbond substituents is 1. The standard InChI is InChI=1S/C15H11ClFN3O2.C11H23N/c1-22-13-6-11-8(5-12(13)21)15(19-7-18-11)20-10-4-2-3-9(16)14(10)17;1-3-10-12(4-2)11-8-6-5-7-9-11/h2-7,21H,1H3,(H,18,19,20);11H,3-10H2,1-2H3. The van der Waals surface area contributed by atoms with Crippen molar-refractivity contribution < 1.29 is 14.2 Å². The van der Waals surface area contributed by atoms with Gasteiger partial charge in [0, 0.05) is 17.5 Å². The van der Waals surface area contributed by atoms with Crippen LogP contribution in [-0.4, -0.2) is 46.2 Å². The van der Waals surface area contributed by atoms with Crippen molar-refractivity contribution in [2.75, 3.05) is 25.5 Å². The van der Waals surface area contributed by atoms with Crippen LogP contribution in [0.5, 0.6) is 11.5 Å². The zero-order chi connectivity index (χ0) is 24.5. The number of ether oxygens (including phenoxy) is 1. The van der Waals surface area contributed by atoms with Crippen LogP contribution in [0.1, 0.15) is 52.4 Å². The van der Waals surface area contributed by atoms with Crippen molar-refractivity contribution in [1.29, 1.82) is 0 Å². The van der Waals surface area contributed by atoms with E-state index in [0.717, 1.165) is 6.04 Å². The molecule has 1 heterocycles. The SMILES string of the molecule is CCCN(CC)C1CCCCC1.COc1cc2ncnc(Nc3cccc(Cl)c3F)c2cc1O. The number of nitrogens with one attached hydrogen (secondary N) is 1. The van der Waals surface area contributed by atoms with Crippen molar-refractivity contribution in [1.82, 2.24) is 14.9 Å². The maximum absolute atomic E-state index is 14.0. The largest absolute Gasteiger partial charge is 0.504 e. The van der Waals surface area contributed by atoms with Crippen molar-refractivity contribution >= 4 is 34.0 Å². The highest BCUT2D eigenvalue weighted by Crippen LogP contribution is 2.34. The monoisotopic (exact) mass is 488 g/mol. The molecule has 0 amide bonds. The lowest BCUT2D eigenvalue weighted by Gasteiger charge is -2.33. The highest BCUT2D eigenvalue weighted by molar-refractivity contribution is 6.31. The summed E-state index contributed by atoms with van der Waals surface area (Å²) >= 11 is 5.76. The van der Waals surface area contributed by atoms with Gasteiger partial charge in [0.1, 0.15) is 12.1 Å². The Labute approximate surface area is 206 Å². The highest BCUT2D eigenvalue weighted by Gasteiger charge is 2.18. The highest BCUT2D eigenvalue weighted by atomic mass is 35.5. The molecule has 0 saturated heterocycles. The van der Waals surface area contributed by atoms with Gasteiger partial charge in [0.05, 0.1) is 23.3 Å². The molecular formula is C26H34ClFN4O2. The zero-order valence-electron chi connectivity index (χ0n) is 20.2. The normalized spacial score (nSPS) is 14.1. The minimum absolute atomic E-state index is 0.00729. The molecule has 0 spiro atoms. The van der Waals surface area contributed by atoms with Gasteiger partial charge in [-0.3, -0.25) is 0 Å². The molecule has 0 radical (unpaired) electrons. The minimum atomic E-state index is -0.575. The van der Waals surface area contributed by atoms with Gasteiger partial charge in [-0.15, -0.1) is 0 Å². The lowest BCUT2D eigenvalue weighted by atomic mass is 9.94. The van der Waals surface area contributed by atoms with Crippen LogP contribution in [0.15, 0.2) is 36.7 Å². The summed E-state index contributed by atoms with van der Waals surface area (Å²) < 4.78 is 19.0. The van der Waals surface area contributed by atoms with Gasteiger partial charge in [-0.25, -0.2) is 14.4 Å². The lowest BCUT2D eigenvalue weighted by Crippen LogP contribution is -2.37. The van der Waals surface area contributed by atoms with Crippen LogP contribution in [0.3, 0.4) is 0 Å². The summed E-state index contributed by atoms with van der Waals surface area (Å²) in [6, 6.07) is 8.57. The van der Waals surface area contributed by atoms with Crippen LogP contribution >= 0.6 is 11.6 Å². The van der Waals surface area contributed by atoms with Crippen LogP contribution in [0.4, 0.5) is 15.9 Å². The van der Waals surface area contributed by atoms with Gasteiger partial charge in [0.25, 0.3) is 0 Å². The number of methoxy groups -OCH3 is 1. The average molecular weight is 489 g/mol. The van der Waals surface area contributed by atoms with Crippen LogP contribution in [0.2, 0.25) is 5.02 Å². The summed E-state index contributed by atoms with van der Waals surface area (Å²) in [5, 5.41) is 13.3. The number of aromatic nitrogens is 2. The molecule has 2 aromatic carbocycles. The van der Waals surface area contributed by atoms with E-state index in [4.69, 9.17) is 16.3 Å². The summed E-state index contributed by atoms with van der Waals surface area (Å²) in [5.41, 5.74) is 0.734. The minimum Gasteiger partial charge on any atom is -0.504 e. The maximum Gasteiger partial charge on any atom is 0.165 e. The van der Waals surface area contributed by atoms with Crippen molar-refractivity contribution in [2.24, 2.45) is 0 Å². The predicted molar refractivity (Wildman–Crippen MR) is 137 cm³/mol. The first-order valence-corrected chi connectivity index (χ1v) is 12.3. The molecule has 1 aliphatic carbocycles. The molecule has 34 heavy (non-hydrogen) atoms. The van der Waals surface area contributed by atoms with E-state index in [1.165, 1.54) is 77.2 Å². The third-order valence-electron chi connectivity index (χ3n) is 6.15. The fraction of sp³-hybridized carbons (Fsp3) is 0.462. The third-order valence-corrected chi connectivity index (χ3v) is 6.44. The molecule has 0 unspecified atom stereocenters. The van der Waals surface area contributed by atoms with Crippen molar-refractivity contribution in [3.8, 4) is 11.5 Å². The Kier molecular flexibility index (Phi) is 9.72. The second-order valence-electron chi connectivity index (χ2n) is 8.41. The van der Waals surface area contributed by atoms with E-state index in [-0.39, 0.29) is 16.5 Å². The number of hydrogen-bond donors (Lipinski definition) is 2. The Morgan fingerprint density at radius 2 is 1.94 bits per heavy atom. The van der Waals surface area contributed by atoms with E-state index in [1.54, 1.807) is 18.2 Å². The maximum atomic E-state index is 14.0. The molecule has 0 atom stereocenters. The Balaban J connectivity index is 0.000000229. The Bertz CT molecular complexity index is 1070. The van der Waals surface area contributed by atoms with E-state index < -0.39 is 5.82 Å². The first kappa shape index (κ1) is 26.0. The number of hydrogen-bond acceptors (Lipinski definition) is 6. The Hall–Kier alpha value is -2.64. The van der Waals surface area contributed by atoms with E-state index in [1.807, 2.05) is 0 Å². The summed E-state index contributed by atoms with van der Waals surface area (Å²) in [7, 11) is 1.45. The number of halogens is 2. The van der Waals surface area contributed by atoms with Crippen molar-refractivity contribution in [2.45, 2.75) is 58.4 Å². The van der Waals surface area contributed by atoms with Gasteiger partial charge >= 0.3 is 0 Å². The topological polar surface area (TPSA) is 70.5 Å². The van der Waals surface area contributed by atoms with Crippen LogP contribution in [0.25, 0.3) is 10.9 Å². The number of phenols is 1. The van der Waals surface area contributed by atoms with Crippen LogP contribution in [-0.2, 0) is 0 Å². The molecular weight excluding hydrogens is 455 g/mol. The fourth-order valence-corrected chi connectivity index (χ4v) is 4.57. The third kappa shape index (κ3) is 6.48. The first-order chi connectivity index (χ1) is 16.5. The molecule has 6 nitrogen and oxygen atoms in total. The van der Waals surface area contributed by atoms with Gasteiger partial charge in [0.2, 0.25) is 0 Å². The molecule has 1 aromatic heterocycles. The van der Waals surface area contributed by atoms with E-state index in [9.17, 15) is 9.50 Å². The molecule has 1 fully saturated rings. The van der Waals surface area contributed by atoms with E-state index in [0.29, 0.717) is 22.5 Å². The van der Waals surface area contributed by atoms with Gasteiger partial charge in [-0.1, -0.05) is 50.8 Å². The quantitative estimate of drug-likeness (QED) is 0.375. The lowest BCUT2D eigenvalue weighted by molar-refractivity contribution is 0.164. The van der Waals surface area contributed by atoms with Gasteiger partial charge in [-0.05, 0) is 50.6 Å².